The number of nitrogens with one attached hydrogen (secondary N) is 1. The lowest BCUT2D eigenvalue weighted by molar-refractivity contribution is 0.102. The molecule has 0 aliphatic rings. The fourth-order valence-electron chi connectivity index (χ4n) is 1.09. The van der Waals surface area contributed by atoms with E-state index < -0.39 is 5.91 Å². The maximum atomic E-state index is 11.7. The number of benzene rings is 1. The van der Waals surface area contributed by atoms with E-state index in [0.29, 0.717) is 15.7 Å². The molecular weight excluding hydrogens is 283 g/mol. The van der Waals surface area contributed by atoms with Crippen molar-refractivity contribution in [3.05, 3.63) is 33.3 Å². The van der Waals surface area contributed by atoms with Gasteiger partial charge in [0.25, 0.3) is 5.91 Å². The summed E-state index contributed by atoms with van der Waals surface area (Å²) in [5.41, 5.74) is 5.83. The van der Waals surface area contributed by atoms with E-state index in [-0.39, 0.29) is 10.1 Å². The van der Waals surface area contributed by atoms with Gasteiger partial charge in [-0.15, -0.1) is 10.2 Å². The first-order chi connectivity index (χ1) is 8.06. The third-order valence-corrected chi connectivity index (χ3v) is 3.11. The Morgan fingerprint density at radius 2 is 2.12 bits per heavy atom. The molecule has 1 aromatic heterocycles. The Kier molecular flexibility index (Phi) is 3.46. The number of carbonyl (C=O) groups excluding carboxylic acids is 1. The summed E-state index contributed by atoms with van der Waals surface area (Å²) < 4.78 is 0. The summed E-state index contributed by atoms with van der Waals surface area (Å²) in [7, 11) is 0. The number of nitrogen functional groups attached to an aromatic ring is 1. The minimum Gasteiger partial charge on any atom is -0.374 e. The highest BCUT2D eigenvalue weighted by Crippen LogP contribution is 2.26. The van der Waals surface area contributed by atoms with Gasteiger partial charge in [0.1, 0.15) is 0 Å². The third-order valence-electron chi connectivity index (χ3n) is 1.81. The fraction of sp³-hybridized carbons (Fsp3) is 0. The molecule has 0 bridgehead atoms. The van der Waals surface area contributed by atoms with Gasteiger partial charge >= 0.3 is 0 Å². The minimum absolute atomic E-state index is 0.175. The molecule has 5 nitrogen and oxygen atoms in total. The number of aromatic nitrogens is 2. The van der Waals surface area contributed by atoms with Gasteiger partial charge in [0.15, 0.2) is 0 Å². The first kappa shape index (κ1) is 12.1. The van der Waals surface area contributed by atoms with Crippen molar-refractivity contribution >= 4 is 51.3 Å². The van der Waals surface area contributed by atoms with E-state index in [2.05, 4.69) is 15.5 Å². The normalized spacial score (nSPS) is 10.2. The van der Waals surface area contributed by atoms with Crippen molar-refractivity contribution in [1.82, 2.24) is 10.2 Å². The van der Waals surface area contributed by atoms with Gasteiger partial charge in [-0.1, -0.05) is 34.5 Å². The number of carbonyl (C=O) groups is 1. The highest BCUT2D eigenvalue weighted by Gasteiger charge is 2.13. The highest BCUT2D eigenvalue weighted by molar-refractivity contribution is 7.17. The molecule has 88 valence electrons. The molecular formula is C9H6Cl2N4OS. The summed E-state index contributed by atoms with van der Waals surface area (Å²) in [6.45, 7) is 0. The van der Waals surface area contributed by atoms with Crippen LogP contribution in [0.2, 0.25) is 10.0 Å². The Labute approximate surface area is 111 Å². The van der Waals surface area contributed by atoms with Crippen LogP contribution in [0.5, 0.6) is 0 Å². The summed E-state index contributed by atoms with van der Waals surface area (Å²) in [6, 6.07) is 4.76. The Hall–Kier alpha value is -1.37. The molecule has 0 atom stereocenters. The molecule has 8 heteroatoms. The average molecular weight is 289 g/mol. The van der Waals surface area contributed by atoms with Gasteiger partial charge in [-0.3, -0.25) is 4.79 Å². The van der Waals surface area contributed by atoms with Crippen molar-refractivity contribution in [3.8, 4) is 0 Å². The summed E-state index contributed by atoms with van der Waals surface area (Å²) in [5.74, 6) is -0.413. The van der Waals surface area contributed by atoms with Gasteiger partial charge in [-0.05, 0) is 18.2 Å². The topological polar surface area (TPSA) is 80.9 Å². The second kappa shape index (κ2) is 4.87. The van der Waals surface area contributed by atoms with Crippen LogP contribution in [0.3, 0.4) is 0 Å². The zero-order valence-electron chi connectivity index (χ0n) is 8.28. The lowest BCUT2D eigenvalue weighted by atomic mass is 10.3. The largest absolute Gasteiger partial charge is 0.374 e. The molecule has 1 amide bonds. The summed E-state index contributed by atoms with van der Waals surface area (Å²) in [6.07, 6.45) is 0. The molecule has 2 rings (SSSR count). The van der Waals surface area contributed by atoms with E-state index >= 15 is 0 Å². The molecule has 0 aliphatic carbocycles. The van der Waals surface area contributed by atoms with Gasteiger partial charge in [-0.2, -0.15) is 0 Å². The van der Waals surface area contributed by atoms with Gasteiger partial charge in [-0.25, -0.2) is 0 Å². The number of hydrogen-bond acceptors (Lipinski definition) is 5. The molecule has 1 heterocycles. The Morgan fingerprint density at radius 3 is 2.71 bits per heavy atom. The zero-order valence-corrected chi connectivity index (χ0v) is 10.6. The van der Waals surface area contributed by atoms with Crippen LogP contribution in [0.4, 0.5) is 10.8 Å². The second-order valence-corrected chi connectivity index (χ2v) is 4.88. The lowest BCUT2D eigenvalue weighted by Gasteiger charge is -2.04. The van der Waals surface area contributed by atoms with E-state index in [1.807, 2.05) is 0 Å². The van der Waals surface area contributed by atoms with Crippen LogP contribution >= 0.6 is 34.5 Å². The van der Waals surface area contributed by atoms with Gasteiger partial charge in [0, 0.05) is 5.02 Å². The molecule has 1 aromatic carbocycles. The maximum Gasteiger partial charge on any atom is 0.286 e. The molecule has 0 aliphatic heterocycles. The van der Waals surface area contributed by atoms with Crippen molar-refractivity contribution in [2.75, 3.05) is 11.1 Å². The lowest BCUT2D eigenvalue weighted by Crippen LogP contribution is -2.11. The van der Waals surface area contributed by atoms with Gasteiger partial charge in [0.2, 0.25) is 10.1 Å². The number of rotatable bonds is 2. The molecule has 0 radical (unpaired) electrons. The van der Waals surface area contributed by atoms with E-state index in [1.54, 1.807) is 12.1 Å². The predicted molar refractivity (Wildman–Crippen MR) is 68.7 cm³/mol. The smallest absolute Gasteiger partial charge is 0.286 e. The Morgan fingerprint density at radius 1 is 1.35 bits per heavy atom. The van der Waals surface area contributed by atoms with Gasteiger partial charge < -0.3 is 11.1 Å². The van der Waals surface area contributed by atoms with Crippen LogP contribution in [-0.4, -0.2) is 16.1 Å². The zero-order chi connectivity index (χ0) is 12.4. The maximum absolute atomic E-state index is 11.7. The molecule has 0 unspecified atom stereocenters. The molecule has 0 spiro atoms. The molecule has 0 fully saturated rings. The van der Waals surface area contributed by atoms with E-state index in [9.17, 15) is 4.79 Å². The number of anilines is 2. The van der Waals surface area contributed by atoms with Crippen LogP contribution in [0.15, 0.2) is 18.2 Å². The SMILES string of the molecule is Nc1nnc(C(=O)Nc2ccc(Cl)cc2Cl)s1. The molecule has 0 saturated carbocycles. The quantitative estimate of drug-likeness (QED) is 0.890. The van der Waals surface area contributed by atoms with Crippen LogP contribution in [0, 0.1) is 0 Å². The number of nitrogens with two attached hydrogens (primary N) is 1. The summed E-state index contributed by atoms with van der Waals surface area (Å²) in [4.78, 5) is 11.7. The molecule has 17 heavy (non-hydrogen) atoms. The molecule has 0 saturated heterocycles. The van der Waals surface area contributed by atoms with Crippen LogP contribution in [0.25, 0.3) is 0 Å². The van der Waals surface area contributed by atoms with E-state index in [4.69, 9.17) is 28.9 Å². The number of nitrogens with zero attached hydrogens (tertiary/aromatic N) is 2. The van der Waals surface area contributed by atoms with Crippen LogP contribution in [0.1, 0.15) is 9.80 Å². The monoisotopic (exact) mass is 288 g/mol. The van der Waals surface area contributed by atoms with Crippen molar-refractivity contribution < 1.29 is 4.79 Å². The minimum atomic E-state index is -0.413. The first-order valence-corrected chi connectivity index (χ1v) is 5.99. The number of halogens is 2. The summed E-state index contributed by atoms with van der Waals surface area (Å²) in [5, 5.41) is 11.0. The molecule has 2 aromatic rings. The van der Waals surface area contributed by atoms with E-state index in [0.717, 1.165) is 11.3 Å². The van der Waals surface area contributed by atoms with Crippen LogP contribution in [-0.2, 0) is 0 Å². The molecule has 3 N–H and O–H groups in total. The van der Waals surface area contributed by atoms with Crippen LogP contribution < -0.4 is 11.1 Å². The van der Waals surface area contributed by atoms with Crippen molar-refractivity contribution in [2.45, 2.75) is 0 Å². The van der Waals surface area contributed by atoms with Crippen molar-refractivity contribution in [3.63, 3.8) is 0 Å². The van der Waals surface area contributed by atoms with Gasteiger partial charge in [0.05, 0.1) is 10.7 Å². The highest BCUT2D eigenvalue weighted by atomic mass is 35.5. The van der Waals surface area contributed by atoms with E-state index in [1.165, 1.54) is 6.07 Å². The fourth-order valence-corrected chi connectivity index (χ4v) is 2.05. The number of amides is 1. The van der Waals surface area contributed by atoms with Crippen molar-refractivity contribution in [2.24, 2.45) is 0 Å². The van der Waals surface area contributed by atoms with Crippen molar-refractivity contribution in [1.29, 1.82) is 0 Å². The first-order valence-electron chi connectivity index (χ1n) is 4.41. The third kappa shape index (κ3) is 2.85. The number of hydrogen-bond donors (Lipinski definition) is 2. The standard InChI is InChI=1S/C9H6Cl2N4OS/c10-4-1-2-6(5(11)3-4)13-7(16)8-14-15-9(12)17-8/h1-3H,(H2,12,15)(H,13,16). The summed E-state index contributed by atoms with van der Waals surface area (Å²) >= 11 is 12.6. The average Bonchev–Trinajstić information content (AvgIpc) is 2.69. The second-order valence-electron chi connectivity index (χ2n) is 3.02. The predicted octanol–water partition coefficient (Wildman–Crippen LogP) is 2.68. The Balaban J connectivity index is 2.18. The Bertz CT molecular complexity index is 572.